The van der Waals surface area contributed by atoms with Gasteiger partial charge in [-0.2, -0.15) is 0 Å². The Morgan fingerprint density at radius 2 is 1.60 bits per heavy atom. The Labute approximate surface area is 161 Å². The van der Waals surface area contributed by atoms with E-state index in [1.165, 1.54) is 51.8 Å². The van der Waals surface area contributed by atoms with E-state index >= 15 is 0 Å². The maximum absolute atomic E-state index is 12.2. The number of aromatic nitrogens is 2. The first-order valence-corrected chi connectivity index (χ1v) is 18.4. The van der Waals surface area contributed by atoms with Crippen LogP contribution >= 0.6 is 11.3 Å². The van der Waals surface area contributed by atoms with Crippen molar-refractivity contribution in [1.82, 2.24) is 9.38 Å². The normalized spacial score (nSPS) is 12.2. The van der Waals surface area contributed by atoms with E-state index in [1.807, 2.05) is 24.6 Å². The standard InChI is InChI=1S/C8H7N2OS.3C4H9.Sn/c1-2-6(11)7-8-10(5-9-7)3-4-12-8;3*1-3-4-2;/h3,5H,2H2,1H3;3*1,3-4H2,2H3;. The van der Waals surface area contributed by atoms with Crippen LogP contribution in [0.1, 0.15) is 83.1 Å². The minimum atomic E-state index is -2.40. The van der Waals surface area contributed by atoms with Crippen molar-refractivity contribution in [2.75, 3.05) is 0 Å². The predicted molar refractivity (Wildman–Crippen MR) is 112 cm³/mol. The molecule has 0 fully saturated rings. The van der Waals surface area contributed by atoms with Crippen LogP contribution in [0.25, 0.3) is 4.83 Å². The molecule has 2 heterocycles. The molecule has 0 aliphatic heterocycles. The van der Waals surface area contributed by atoms with Gasteiger partial charge < -0.3 is 0 Å². The summed E-state index contributed by atoms with van der Waals surface area (Å²) in [7, 11) is 0. The summed E-state index contributed by atoms with van der Waals surface area (Å²) in [5.74, 6) is 0.173. The fourth-order valence-corrected chi connectivity index (χ4v) is 23.7. The van der Waals surface area contributed by atoms with E-state index < -0.39 is 18.4 Å². The number of hydrogen-bond donors (Lipinski definition) is 0. The number of imidazole rings is 1. The molecule has 25 heavy (non-hydrogen) atoms. The van der Waals surface area contributed by atoms with Crippen molar-refractivity contribution < 1.29 is 4.79 Å². The number of hydrogen-bond acceptors (Lipinski definition) is 3. The molecular weight excluding hydrogens is 435 g/mol. The molecule has 2 aromatic heterocycles. The molecule has 0 bridgehead atoms. The molecule has 0 atom stereocenters. The second-order valence-corrected chi connectivity index (χ2v) is 22.5. The summed E-state index contributed by atoms with van der Waals surface area (Å²) in [5, 5.41) is 0. The summed E-state index contributed by atoms with van der Waals surface area (Å²) in [6, 6.07) is 0. The van der Waals surface area contributed by atoms with Crippen molar-refractivity contribution in [3.8, 4) is 0 Å². The van der Waals surface area contributed by atoms with Gasteiger partial charge >= 0.3 is 162 Å². The van der Waals surface area contributed by atoms with Gasteiger partial charge in [0, 0.05) is 0 Å². The van der Waals surface area contributed by atoms with Gasteiger partial charge in [-0.3, -0.25) is 0 Å². The minimum absolute atomic E-state index is 0.173. The first-order chi connectivity index (χ1) is 12.1. The molecule has 0 aliphatic rings. The zero-order valence-electron chi connectivity index (χ0n) is 16.4. The molecule has 140 valence electrons. The van der Waals surface area contributed by atoms with Crippen LogP contribution in [-0.4, -0.2) is 33.5 Å². The summed E-state index contributed by atoms with van der Waals surface area (Å²) < 4.78 is 8.23. The van der Waals surface area contributed by atoms with Crippen molar-refractivity contribution in [3.05, 3.63) is 18.2 Å². The Hall–Kier alpha value is -0.361. The van der Waals surface area contributed by atoms with Crippen LogP contribution in [0, 0.1) is 0 Å². The van der Waals surface area contributed by atoms with Crippen molar-refractivity contribution in [3.63, 3.8) is 0 Å². The van der Waals surface area contributed by atoms with Gasteiger partial charge in [-0.25, -0.2) is 0 Å². The van der Waals surface area contributed by atoms with E-state index in [9.17, 15) is 4.79 Å². The second kappa shape index (κ2) is 10.1. The van der Waals surface area contributed by atoms with Crippen LogP contribution in [0.5, 0.6) is 0 Å². The molecule has 0 spiro atoms. The van der Waals surface area contributed by atoms with E-state index in [0.717, 1.165) is 4.83 Å². The van der Waals surface area contributed by atoms with Crippen LogP contribution in [-0.2, 0) is 0 Å². The average molecular weight is 469 g/mol. The third-order valence-corrected chi connectivity index (χ3v) is 24.6. The molecule has 0 saturated heterocycles. The van der Waals surface area contributed by atoms with Gasteiger partial charge in [0.1, 0.15) is 0 Å². The molecular formula is C20H34N2OSSn. The number of unbranched alkanes of at least 4 members (excludes halogenated alkanes) is 3. The number of thiazole rings is 1. The number of fused-ring (bicyclic) bond motifs is 1. The molecule has 2 rings (SSSR count). The van der Waals surface area contributed by atoms with Crippen molar-refractivity contribution in [1.29, 1.82) is 0 Å². The molecule has 0 unspecified atom stereocenters. The Balaban J connectivity index is 2.44. The van der Waals surface area contributed by atoms with Crippen LogP contribution in [0.2, 0.25) is 13.3 Å². The van der Waals surface area contributed by atoms with Gasteiger partial charge in [0.05, 0.1) is 0 Å². The third-order valence-electron chi connectivity index (χ3n) is 5.35. The van der Waals surface area contributed by atoms with Crippen molar-refractivity contribution in [2.24, 2.45) is 0 Å². The first-order valence-electron chi connectivity index (χ1n) is 10.1. The Morgan fingerprint density at radius 3 is 2.08 bits per heavy atom. The van der Waals surface area contributed by atoms with Gasteiger partial charge in [-0.15, -0.1) is 0 Å². The monoisotopic (exact) mass is 470 g/mol. The fourth-order valence-electron chi connectivity index (χ4n) is 3.69. The van der Waals surface area contributed by atoms with Crippen molar-refractivity contribution in [2.45, 2.75) is 86.0 Å². The molecule has 3 nitrogen and oxygen atoms in total. The van der Waals surface area contributed by atoms with E-state index in [0.29, 0.717) is 12.1 Å². The topological polar surface area (TPSA) is 34.4 Å². The second-order valence-electron chi connectivity index (χ2n) is 7.27. The molecule has 0 amide bonds. The molecule has 0 radical (unpaired) electrons. The van der Waals surface area contributed by atoms with Gasteiger partial charge in [0.15, 0.2) is 0 Å². The SMILES string of the molecule is CCC[CH2][Sn]([CH2]CCC)([CH2]CCC)[c]1cn2cnc(C(=O)CC)c2s1. The molecule has 5 heteroatoms. The predicted octanol–water partition coefficient (Wildman–Crippen LogP) is 6.04. The van der Waals surface area contributed by atoms with Crippen LogP contribution in [0.4, 0.5) is 0 Å². The summed E-state index contributed by atoms with van der Waals surface area (Å²) in [5.41, 5.74) is 0.695. The van der Waals surface area contributed by atoms with Gasteiger partial charge in [-0.1, -0.05) is 0 Å². The van der Waals surface area contributed by atoms with Crippen LogP contribution < -0.4 is 2.89 Å². The number of carbonyl (C=O) groups excluding carboxylic acids is 1. The number of carbonyl (C=O) groups is 1. The van der Waals surface area contributed by atoms with E-state index in [2.05, 4.69) is 36.4 Å². The van der Waals surface area contributed by atoms with Crippen LogP contribution in [0.15, 0.2) is 12.5 Å². The van der Waals surface area contributed by atoms with Crippen LogP contribution in [0.3, 0.4) is 0 Å². The fraction of sp³-hybridized carbons (Fsp3) is 0.700. The zero-order valence-corrected chi connectivity index (χ0v) is 20.1. The molecule has 0 saturated carbocycles. The van der Waals surface area contributed by atoms with Gasteiger partial charge in [-0.05, 0) is 0 Å². The summed E-state index contributed by atoms with van der Waals surface area (Å²) >= 11 is -0.490. The van der Waals surface area contributed by atoms with E-state index in [4.69, 9.17) is 0 Å². The Morgan fingerprint density at radius 1 is 1.04 bits per heavy atom. The number of ketones is 1. The molecule has 0 N–H and O–H groups in total. The van der Waals surface area contributed by atoms with Gasteiger partial charge in [0.25, 0.3) is 0 Å². The maximum atomic E-state index is 12.2. The summed E-state index contributed by atoms with van der Waals surface area (Å²) in [6.45, 7) is 8.88. The summed E-state index contributed by atoms with van der Waals surface area (Å²) in [6.07, 6.45) is 12.7. The first kappa shape index (κ1) is 20.9. The number of nitrogens with zero attached hydrogens (tertiary/aromatic N) is 2. The number of Topliss-reactive ketones (excluding diaryl/α,β-unsaturated/α-hetero) is 1. The molecule has 2 aromatic rings. The third kappa shape index (κ3) is 4.88. The van der Waals surface area contributed by atoms with E-state index in [1.54, 1.807) is 2.89 Å². The van der Waals surface area contributed by atoms with Crippen molar-refractivity contribution >= 4 is 43.2 Å². The Kier molecular flexibility index (Phi) is 8.46. The number of rotatable bonds is 12. The average Bonchev–Trinajstić information content (AvgIpc) is 3.22. The summed E-state index contributed by atoms with van der Waals surface area (Å²) in [4.78, 5) is 17.7. The zero-order chi connectivity index (χ0) is 18.3. The molecule has 0 aliphatic carbocycles. The Bertz CT molecular complexity index is 655. The quantitative estimate of drug-likeness (QED) is 0.281. The van der Waals surface area contributed by atoms with E-state index in [-0.39, 0.29) is 5.78 Å². The molecule has 0 aromatic carbocycles. The van der Waals surface area contributed by atoms with Gasteiger partial charge in [0.2, 0.25) is 0 Å².